The minimum absolute atomic E-state index is 0.0878. The van der Waals surface area contributed by atoms with E-state index in [1.54, 1.807) is 0 Å². The van der Waals surface area contributed by atoms with Gasteiger partial charge in [-0.3, -0.25) is 0 Å². The molecule has 7 heteroatoms. The van der Waals surface area contributed by atoms with E-state index in [1.165, 1.54) is 0 Å². The van der Waals surface area contributed by atoms with Crippen LogP contribution in [0.4, 0.5) is 5.95 Å². The van der Waals surface area contributed by atoms with Crippen LogP contribution in [0.3, 0.4) is 0 Å². The summed E-state index contributed by atoms with van der Waals surface area (Å²) in [6, 6.07) is 0.307. The fourth-order valence-electron chi connectivity index (χ4n) is 1.31. The van der Waals surface area contributed by atoms with Crippen LogP contribution in [0.25, 0.3) is 0 Å². The third kappa shape index (κ3) is 4.70. The van der Waals surface area contributed by atoms with E-state index in [2.05, 4.69) is 20.3 Å². The van der Waals surface area contributed by atoms with E-state index >= 15 is 0 Å². The fourth-order valence-corrected chi connectivity index (χ4v) is 1.46. The number of hydrogen-bond donors (Lipinski definition) is 2. The van der Waals surface area contributed by atoms with Gasteiger partial charge in [-0.1, -0.05) is 6.92 Å². The highest BCUT2D eigenvalue weighted by atomic mass is 35.5. The number of aromatic nitrogens is 3. The zero-order valence-electron chi connectivity index (χ0n) is 9.98. The summed E-state index contributed by atoms with van der Waals surface area (Å²) in [6.45, 7) is 4.43. The monoisotopic (exact) mass is 260 g/mol. The molecule has 0 amide bonds. The molecule has 0 aliphatic carbocycles. The summed E-state index contributed by atoms with van der Waals surface area (Å²) in [7, 11) is 0. The SMILES string of the molecule is CCOc1nc(Cl)nc(NC(CC)CCO)n1. The van der Waals surface area contributed by atoms with Crippen LogP contribution in [0, 0.1) is 0 Å². The predicted molar refractivity (Wildman–Crippen MR) is 65.4 cm³/mol. The Morgan fingerprint density at radius 1 is 1.35 bits per heavy atom. The Morgan fingerprint density at radius 3 is 2.71 bits per heavy atom. The highest BCUT2D eigenvalue weighted by Crippen LogP contribution is 2.13. The lowest BCUT2D eigenvalue weighted by atomic mass is 10.2. The van der Waals surface area contributed by atoms with Gasteiger partial charge in [0.05, 0.1) is 6.61 Å². The van der Waals surface area contributed by atoms with Gasteiger partial charge in [0.15, 0.2) is 0 Å². The van der Waals surface area contributed by atoms with E-state index in [4.69, 9.17) is 21.4 Å². The quantitative estimate of drug-likeness (QED) is 0.773. The summed E-state index contributed by atoms with van der Waals surface area (Å²) >= 11 is 5.76. The summed E-state index contributed by atoms with van der Waals surface area (Å²) < 4.78 is 5.17. The Bertz CT molecular complexity index is 351. The minimum atomic E-state index is 0.0878. The molecule has 0 aliphatic heterocycles. The maximum Gasteiger partial charge on any atom is 0.322 e. The molecule has 1 aromatic rings. The first-order valence-corrected chi connectivity index (χ1v) is 5.99. The van der Waals surface area contributed by atoms with Crippen LogP contribution < -0.4 is 10.1 Å². The summed E-state index contributed by atoms with van der Waals surface area (Å²) in [6.07, 6.45) is 1.48. The first-order chi connectivity index (χ1) is 8.19. The topological polar surface area (TPSA) is 80.2 Å². The second-order valence-corrected chi connectivity index (χ2v) is 3.74. The van der Waals surface area contributed by atoms with Crippen LogP contribution in [0.1, 0.15) is 26.7 Å². The number of rotatable bonds is 7. The minimum Gasteiger partial charge on any atom is -0.464 e. The average Bonchev–Trinajstić information content (AvgIpc) is 2.28. The molecule has 1 rings (SSSR count). The Balaban J connectivity index is 2.75. The summed E-state index contributed by atoms with van der Waals surface area (Å²) in [5.74, 6) is 0.369. The molecule has 0 bridgehead atoms. The van der Waals surface area contributed by atoms with E-state index in [9.17, 15) is 0 Å². The number of ether oxygens (including phenoxy) is 1. The second-order valence-electron chi connectivity index (χ2n) is 3.41. The maximum atomic E-state index is 8.90. The Labute approximate surface area is 105 Å². The van der Waals surface area contributed by atoms with Crippen molar-refractivity contribution in [1.82, 2.24) is 15.0 Å². The third-order valence-corrected chi connectivity index (χ3v) is 2.33. The van der Waals surface area contributed by atoms with Crippen molar-refractivity contribution < 1.29 is 9.84 Å². The van der Waals surface area contributed by atoms with Crippen molar-refractivity contribution in [2.45, 2.75) is 32.7 Å². The molecule has 0 saturated carbocycles. The largest absolute Gasteiger partial charge is 0.464 e. The van der Waals surface area contributed by atoms with Gasteiger partial charge in [-0.05, 0) is 31.4 Å². The first kappa shape index (κ1) is 13.9. The normalized spacial score (nSPS) is 12.2. The average molecular weight is 261 g/mol. The van der Waals surface area contributed by atoms with Gasteiger partial charge >= 0.3 is 6.01 Å². The van der Waals surface area contributed by atoms with Crippen molar-refractivity contribution in [3.8, 4) is 6.01 Å². The lowest BCUT2D eigenvalue weighted by molar-refractivity contribution is 0.277. The van der Waals surface area contributed by atoms with Gasteiger partial charge in [0.1, 0.15) is 0 Å². The van der Waals surface area contributed by atoms with E-state index in [0.717, 1.165) is 6.42 Å². The van der Waals surface area contributed by atoms with Crippen LogP contribution in [0.15, 0.2) is 0 Å². The van der Waals surface area contributed by atoms with Gasteiger partial charge < -0.3 is 15.2 Å². The van der Waals surface area contributed by atoms with Crippen LogP contribution in [0.5, 0.6) is 6.01 Å². The molecule has 17 heavy (non-hydrogen) atoms. The van der Waals surface area contributed by atoms with Crippen molar-refractivity contribution in [2.24, 2.45) is 0 Å². The molecule has 96 valence electrons. The van der Waals surface area contributed by atoms with E-state index < -0.39 is 0 Å². The summed E-state index contributed by atoms with van der Waals surface area (Å²) in [5.41, 5.74) is 0. The van der Waals surface area contributed by atoms with Gasteiger partial charge in [-0.15, -0.1) is 0 Å². The smallest absolute Gasteiger partial charge is 0.322 e. The third-order valence-electron chi connectivity index (χ3n) is 2.16. The van der Waals surface area contributed by atoms with Crippen molar-refractivity contribution in [1.29, 1.82) is 0 Å². The van der Waals surface area contributed by atoms with E-state index in [-0.39, 0.29) is 23.9 Å². The van der Waals surface area contributed by atoms with Crippen LogP contribution >= 0.6 is 11.6 Å². The molecule has 1 unspecified atom stereocenters. The van der Waals surface area contributed by atoms with Crippen molar-refractivity contribution in [2.75, 3.05) is 18.5 Å². The molecule has 0 saturated heterocycles. The number of nitrogens with zero attached hydrogens (tertiary/aromatic N) is 3. The van der Waals surface area contributed by atoms with Gasteiger partial charge in [0, 0.05) is 12.6 Å². The Kier molecular flexibility index (Phi) is 5.93. The van der Waals surface area contributed by atoms with Gasteiger partial charge in [-0.2, -0.15) is 15.0 Å². The number of halogens is 1. The zero-order chi connectivity index (χ0) is 12.7. The molecular formula is C10H17ClN4O2. The highest BCUT2D eigenvalue weighted by molar-refractivity contribution is 6.28. The van der Waals surface area contributed by atoms with Gasteiger partial charge in [0.25, 0.3) is 0 Å². The van der Waals surface area contributed by atoms with E-state index in [0.29, 0.717) is 19.0 Å². The highest BCUT2D eigenvalue weighted by Gasteiger charge is 2.10. The maximum absolute atomic E-state index is 8.90. The molecular weight excluding hydrogens is 244 g/mol. The van der Waals surface area contributed by atoms with Gasteiger partial charge in [0.2, 0.25) is 11.2 Å². The van der Waals surface area contributed by atoms with Crippen LogP contribution in [-0.2, 0) is 0 Å². The van der Waals surface area contributed by atoms with Crippen molar-refractivity contribution >= 4 is 17.5 Å². The lowest BCUT2D eigenvalue weighted by Gasteiger charge is -2.15. The predicted octanol–water partition coefficient (Wildman–Crippen LogP) is 1.50. The zero-order valence-corrected chi connectivity index (χ0v) is 10.7. The van der Waals surface area contributed by atoms with Crippen LogP contribution in [-0.4, -0.2) is 39.3 Å². The number of nitrogens with one attached hydrogen (secondary N) is 1. The molecule has 0 fully saturated rings. The summed E-state index contributed by atoms with van der Waals surface area (Å²) in [5, 5.41) is 12.1. The fraction of sp³-hybridized carbons (Fsp3) is 0.700. The molecule has 6 nitrogen and oxygen atoms in total. The molecule has 1 aromatic heterocycles. The standard InChI is InChI=1S/C10H17ClN4O2/c1-3-7(5-6-16)12-9-13-8(11)14-10(15-9)17-4-2/h7,16H,3-6H2,1-2H3,(H,12,13,14,15). The molecule has 1 atom stereocenters. The Hall–Kier alpha value is -1.14. The summed E-state index contributed by atoms with van der Waals surface area (Å²) in [4.78, 5) is 11.9. The molecule has 0 aliphatic rings. The number of aliphatic hydroxyl groups is 1. The molecule has 0 radical (unpaired) electrons. The molecule has 0 spiro atoms. The van der Waals surface area contributed by atoms with Crippen LogP contribution in [0.2, 0.25) is 5.28 Å². The molecule has 2 N–H and O–H groups in total. The number of hydrogen-bond acceptors (Lipinski definition) is 6. The Morgan fingerprint density at radius 2 is 2.12 bits per heavy atom. The first-order valence-electron chi connectivity index (χ1n) is 5.61. The number of anilines is 1. The number of aliphatic hydroxyl groups excluding tert-OH is 1. The van der Waals surface area contributed by atoms with E-state index in [1.807, 2.05) is 13.8 Å². The lowest BCUT2D eigenvalue weighted by Crippen LogP contribution is -2.21. The second kappa shape index (κ2) is 7.24. The van der Waals surface area contributed by atoms with Crippen molar-refractivity contribution in [3.63, 3.8) is 0 Å². The molecule has 0 aromatic carbocycles. The molecule has 1 heterocycles. The van der Waals surface area contributed by atoms with Crippen molar-refractivity contribution in [3.05, 3.63) is 5.28 Å². The van der Waals surface area contributed by atoms with Gasteiger partial charge in [-0.25, -0.2) is 0 Å².